The standard InChI is InChI=1S/C18H30N6O/c1-13(2)25-15-7-6-8-17(19)16(11-15)18(20)24(5)12-23-14(3)22-10-9-21-4/h6-8,11-13,17,20-22H,3,9-10,19H2,1-2,4-5H3/b20-18?,23-12-. The van der Waals surface area contributed by atoms with Crippen molar-refractivity contribution in [3.63, 3.8) is 0 Å². The molecule has 0 fully saturated rings. The van der Waals surface area contributed by atoms with Gasteiger partial charge in [0.15, 0.2) is 0 Å². The van der Waals surface area contributed by atoms with Crippen LogP contribution in [0.1, 0.15) is 13.8 Å². The van der Waals surface area contributed by atoms with E-state index in [0.29, 0.717) is 17.2 Å². The van der Waals surface area contributed by atoms with Crippen LogP contribution in [-0.2, 0) is 4.74 Å². The van der Waals surface area contributed by atoms with Gasteiger partial charge in [-0.2, -0.15) is 0 Å². The third-order valence-corrected chi connectivity index (χ3v) is 3.32. The number of nitrogens with two attached hydrogens (primary N) is 1. The Labute approximate surface area is 150 Å². The molecule has 5 N–H and O–H groups in total. The first-order valence-corrected chi connectivity index (χ1v) is 8.30. The third-order valence-electron chi connectivity index (χ3n) is 3.32. The molecule has 0 aromatic heterocycles. The van der Waals surface area contributed by atoms with Crippen molar-refractivity contribution in [1.29, 1.82) is 5.41 Å². The van der Waals surface area contributed by atoms with Gasteiger partial charge in [0.25, 0.3) is 0 Å². The summed E-state index contributed by atoms with van der Waals surface area (Å²) in [6.45, 7) is 9.30. The third kappa shape index (κ3) is 7.36. The first-order valence-electron chi connectivity index (χ1n) is 8.30. The number of nitrogens with one attached hydrogen (secondary N) is 3. The van der Waals surface area contributed by atoms with Crippen LogP contribution in [0, 0.1) is 5.41 Å². The maximum absolute atomic E-state index is 8.41. The zero-order valence-electron chi connectivity index (χ0n) is 15.5. The summed E-state index contributed by atoms with van der Waals surface area (Å²) in [6, 6.07) is -0.384. The van der Waals surface area contributed by atoms with Gasteiger partial charge in [0, 0.05) is 25.7 Å². The predicted octanol–water partition coefficient (Wildman–Crippen LogP) is 1.34. The summed E-state index contributed by atoms with van der Waals surface area (Å²) < 4.78 is 5.73. The molecule has 1 atom stereocenters. The van der Waals surface area contributed by atoms with Crippen molar-refractivity contribution in [2.75, 3.05) is 27.2 Å². The summed E-state index contributed by atoms with van der Waals surface area (Å²) in [4.78, 5) is 5.82. The fourth-order valence-corrected chi connectivity index (χ4v) is 2.04. The summed E-state index contributed by atoms with van der Waals surface area (Å²) in [7, 11) is 3.63. The molecule has 0 saturated heterocycles. The number of allylic oxidation sites excluding steroid dienone is 3. The molecule has 0 amide bonds. The largest absolute Gasteiger partial charge is 0.491 e. The number of rotatable bonds is 9. The Balaban J connectivity index is 2.78. The van der Waals surface area contributed by atoms with Gasteiger partial charge in [-0.25, -0.2) is 4.99 Å². The number of likely N-dealkylation sites (N-methyl/N-ethyl adjacent to an activating group) is 2. The lowest BCUT2D eigenvalue weighted by atomic mass is 10.1. The predicted molar refractivity (Wildman–Crippen MR) is 105 cm³/mol. The number of hydrogen-bond acceptors (Lipinski definition) is 6. The average Bonchev–Trinajstić information content (AvgIpc) is 2.73. The van der Waals surface area contributed by atoms with E-state index in [-0.39, 0.29) is 18.0 Å². The molecule has 0 spiro atoms. The highest BCUT2D eigenvalue weighted by Crippen LogP contribution is 2.16. The quantitative estimate of drug-likeness (QED) is 0.287. The molecule has 0 saturated carbocycles. The van der Waals surface area contributed by atoms with Crippen LogP contribution >= 0.6 is 0 Å². The van der Waals surface area contributed by atoms with E-state index in [1.165, 1.54) is 0 Å². The van der Waals surface area contributed by atoms with Crippen LogP contribution in [-0.4, -0.2) is 56.4 Å². The molecular weight excluding hydrogens is 316 g/mol. The van der Waals surface area contributed by atoms with Crippen molar-refractivity contribution in [1.82, 2.24) is 15.5 Å². The van der Waals surface area contributed by atoms with Gasteiger partial charge in [0.05, 0.1) is 18.5 Å². The molecule has 1 rings (SSSR count). The molecule has 0 aromatic carbocycles. The fraction of sp³-hybridized carbons (Fsp3) is 0.444. The topological polar surface area (TPSA) is 98.8 Å². The first kappa shape index (κ1) is 20.7. The van der Waals surface area contributed by atoms with Crippen molar-refractivity contribution in [2.24, 2.45) is 10.7 Å². The molecule has 0 aromatic rings. The van der Waals surface area contributed by atoms with Crippen LogP contribution < -0.4 is 16.4 Å². The van der Waals surface area contributed by atoms with E-state index < -0.39 is 0 Å². The molecule has 1 unspecified atom stereocenters. The van der Waals surface area contributed by atoms with Crippen molar-refractivity contribution < 1.29 is 4.74 Å². The smallest absolute Gasteiger partial charge is 0.130 e. The Morgan fingerprint density at radius 3 is 2.88 bits per heavy atom. The van der Waals surface area contributed by atoms with Crippen molar-refractivity contribution >= 4 is 12.2 Å². The van der Waals surface area contributed by atoms with Gasteiger partial charge >= 0.3 is 0 Å². The SMILES string of the molecule is C=C(/N=C\N(C)C(=N)C1=CC(OC(C)C)=CC=CC1N)NCCNC. The second-order valence-corrected chi connectivity index (χ2v) is 5.93. The minimum Gasteiger partial charge on any atom is -0.491 e. The van der Waals surface area contributed by atoms with E-state index in [1.54, 1.807) is 24.4 Å². The van der Waals surface area contributed by atoms with E-state index >= 15 is 0 Å². The fourth-order valence-electron chi connectivity index (χ4n) is 2.04. The molecule has 0 heterocycles. The summed E-state index contributed by atoms with van der Waals surface area (Å²) >= 11 is 0. The highest BCUT2D eigenvalue weighted by Gasteiger charge is 2.17. The van der Waals surface area contributed by atoms with Crippen LogP contribution in [0.5, 0.6) is 0 Å². The Hall–Kier alpha value is -2.38. The molecule has 1 aliphatic rings. The summed E-state index contributed by atoms with van der Waals surface area (Å²) in [6.07, 6.45) is 8.93. The van der Waals surface area contributed by atoms with Crippen LogP contribution in [0.25, 0.3) is 0 Å². The summed E-state index contributed by atoms with van der Waals surface area (Å²) in [5, 5.41) is 14.5. The minimum atomic E-state index is -0.384. The number of nitrogens with zero attached hydrogens (tertiary/aromatic N) is 2. The zero-order chi connectivity index (χ0) is 18.8. The lowest BCUT2D eigenvalue weighted by Gasteiger charge is -2.20. The second kappa shape index (κ2) is 10.5. The molecule has 25 heavy (non-hydrogen) atoms. The molecule has 7 nitrogen and oxygen atoms in total. The Kier molecular flexibility index (Phi) is 8.66. The van der Waals surface area contributed by atoms with Crippen molar-refractivity contribution in [3.05, 3.63) is 48.0 Å². The lowest BCUT2D eigenvalue weighted by Crippen LogP contribution is -2.34. The monoisotopic (exact) mass is 346 g/mol. The van der Waals surface area contributed by atoms with Crippen LogP contribution in [0.15, 0.2) is 53.0 Å². The zero-order valence-corrected chi connectivity index (χ0v) is 15.5. The number of amidine groups is 1. The van der Waals surface area contributed by atoms with E-state index in [0.717, 1.165) is 13.1 Å². The average molecular weight is 346 g/mol. The number of aliphatic imine (C=N–C) groups is 1. The van der Waals surface area contributed by atoms with E-state index in [9.17, 15) is 0 Å². The maximum atomic E-state index is 8.41. The van der Waals surface area contributed by atoms with E-state index in [1.807, 2.05) is 39.1 Å². The Morgan fingerprint density at radius 1 is 1.52 bits per heavy atom. The van der Waals surface area contributed by atoms with Crippen LogP contribution in [0.3, 0.4) is 0 Å². The Morgan fingerprint density at radius 2 is 2.24 bits per heavy atom. The van der Waals surface area contributed by atoms with E-state index in [4.69, 9.17) is 15.9 Å². The van der Waals surface area contributed by atoms with Gasteiger partial charge in [-0.15, -0.1) is 0 Å². The maximum Gasteiger partial charge on any atom is 0.130 e. The summed E-state index contributed by atoms with van der Waals surface area (Å²) in [5.74, 6) is 1.48. The second-order valence-electron chi connectivity index (χ2n) is 5.93. The van der Waals surface area contributed by atoms with Crippen molar-refractivity contribution in [3.8, 4) is 0 Å². The van der Waals surface area contributed by atoms with Crippen LogP contribution in [0.4, 0.5) is 0 Å². The van der Waals surface area contributed by atoms with Gasteiger partial charge in [0.1, 0.15) is 17.4 Å². The van der Waals surface area contributed by atoms with Gasteiger partial charge in [-0.1, -0.05) is 18.7 Å². The number of ether oxygens (including phenoxy) is 1. The normalized spacial score (nSPS) is 17.1. The highest BCUT2D eigenvalue weighted by atomic mass is 16.5. The molecule has 0 radical (unpaired) electrons. The van der Waals surface area contributed by atoms with Gasteiger partial charge in [-0.3, -0.25) is 5.41 Å². The van der Waals surface area contributed by atoms with E-state index in [2.05, 4.69) is 22.2 Å². The number of hydrogen-bond donors (Lipinski definition) is 4. The molecule has 1 aliphatic carbocycles. The highest BCUT2D eigenvalue weighted by molar-refractivity contribution is 6.03. The molecule has 0 aliphatic heterocycles. The lowest BCUT2D eigenvalue weighted by molar-refractivity contribution is 0.158. The van der Waals surface area contributed by atoms with Gasteiger partial charge < -0.3 is 26.0 Å². The first-order chi connectivity index (χ1) is 11.8. The molecule has 0 bridgehead atoms. The van der Waals surface area contributed by atoms with Gasteiger partial charge in [0.2, 0.25) is 0 Å². The molecule has 7 heteroatoms. The van der Waals surface area contributed by atoms with Gasteiger partial charge in [-0.05, 0) is 33.0 Å². The molecule has 138 valence electrons. The summed E-state index contributed by atoms with van der Waals surface area (Å²) in [5.41, 5.74) is 6.81. The Bertz CT molecular complexity index is 588. The minimum absolute atomic E-state index is 0.0481. The van der Waals surface area contributed by atoms with Crippen molar-refractivity contribution in [2.45, 2.75) is 26.0 Å². The van der Waals surface area contributed by atoms with Crippen LogP contribution in [0.2, 0.25) is 0 Å². The molecular formula is C18H30N6O.